The molecule has 0 amide bonds. The Labute approximate surface area is 95.4 Å². The Bertz CT molecular complexity index is 495. The zero-order chi connectivity index (χ0) is 11.8. The average molecular weight is 214 g/mol. The molecule has 0 radical (unpaired) electrons. The van der Waals surface area contributed by atoms with Crippen LogP contribution in [0, 0.1) is 18.3 Å². The lowest BCUT2D eigenvalue weighted by atomic mass is 10.0. The number of aliphatic imine (C=N–C) groups is 1. The highest BCUT2D eigenvalue weighted by atomic mass is 16.5. The number of ether oxygens (including phenoxy) is 1. The minimum atomic E-state index is -0.162. The fourth-order valence-corrected chi connectivity index (χ4v) is 1.71. The van der Waals surface area contributed by atoms with Crippen molar-refractivity contribution in [3.05, 3.63) is 34.9 Å². The van der Waals surface area contributed by atoms with Crippen molar-refractivity contribution in [2.24, 2.45) is 4.99 Å². The molecule has 0 saturated heterocycles. The number of benzene rings is 1. The third-order valence-electron chi connectivity index (χ3n) is 2.65. The van der Waals surface area contributed by atoms with Crippen LogP contribution in [0.25, 0.3) is 0 Å². The van der Waals surface area contributed by atoms with Gasteiger partial charge in [0, 0.05) is 5.56 Å². The van der Waals surface area contributed by atoms with Crippen LogP contribution < -0.4 is 0 Å². The highest BCUT2D eigenvalue weighted by Crippen LogP contribution is 2.23. The maximum Gasteiger partial charge on any atom is 0.217 e. The summed E-state index contributed by atoms with van der Waals surface area (Å²) >= 11 is 0. The van der Waals surface area contributed by atoms with Gasteiger partial charge in [0.15, 0.2) is 0 Å². The van der Waals surface area contributed by atoms with Crippen molar-refractivity contribution in [2.75, 3.05) is 6.61 Å². The van der Waals surface area contributed by atoms with Crippen molar-refractivity contribution < 1.29 is 4.74 Å². The maximum atomic E-state index is 8.96. The molecule has 0 unspecified atom stereocenters. The summed E-state index contributed by atoms with van der Waals surface area (Å²) in [4.78, 5) is 4.51. The van der Waals surface area contributed by atoms with Gasteiger partial charge in [0.2, 0.25) is 5.90 Å². The largest absolute Gasteiger partial charge is 0.475 e. The summed E-state index contributed by atoms with van der Waals surface area (Å²) in [5.41, 5.74) is 2.37. The summed E-state index contributed by atoms with van der Waals surface area (Å²) in [5, 5.41) is 8.96. The molecule has 82 valence electrons. The van der Waals surface area contributed by atoms with Gasteiger partial charge in [-0.05, 0) is 38.5 Å². The van der Waals surface area contributed by atoms with Crippen molar-refractivity contribution >= 4 is 5.90 Å². The van der Waals surface area contributed by atoms with E-state index in [0.717, 1.165) is 11.1 Å². The molecule has 1 aliphatic heterocycles. The van der Waals surface area contributed by atoms with E-state index in [2.05, 4.69) is 11.1 Å². The second-order valence-corrected chi connectivity index (χ2v) is 4.61. The molecule has 1 aliphatic rings. The molecular formula is C13H14N2O. The molecule has 0 atom stereocenters. The van der Waals surface area contributed by atoms with Crippen LogP contribution >= 0.6 is 0 Å². The summed E-state index contributed by atoms with van der Waals surface area (Å²) in [6.45, 7) is 6.58. The molecule has 0 aromatic heterocycles. The van der Waals surface area contributed by atoms with Gasteiger partial charge < -0.3 is 4.74 Å². The van der Waals surface area contributed by atoms with Crippen molar-refractivity contribution in [2.45, 2.75) is 26.3 Å². The fourth-order valence-electron chi connectivity index (χ4n) is 1.71. The van der Waals surface area contributed by atoms with E-state index in [1.54, 1.807) is 6.07 Å². The second-order valence-electron chi connectivity index (χ2n) is 4.61. The molecule has 3 heteroatoms. The molecule has 16 heavy (non-hydrogen) atoms. The van der Waals surface area contributed by atoms with Gasteiger partial charge in [-0.15, -0.1) is 0 Å². The van der Waals surface area contributed by atoms with Crippen molar-refractivity contribution in [3.63, 3.8) is 0 Å². The van der Waals surface area contributed by atoms with E-state index in [1.807, 2.05) is 32.9 Å². The number of hydrogen-bond donors (Lipinski definition) is 0. The van der Waals surface area contributed by atoms with E-state index in [9.17, 15) is 0 Å². The number of nitrogens with zero attached hydrogens (tertiary/aromatic N) is 2. The van der Waals surface area contributed by atoms with Gasteiger partial charge in [-0.2, -0.15) is 5.26 Å². The van der Waals surface area contributed by atoms with Crippen LogP contribution in [0.4, 0.5) is 0 Å². The SMILES string of the molecule is Cc1c(C#N)cccc1C1=NC(C)(C)CO1. The normalized spacial score (nSPS) is 17.5. The van der Waals surface area contributed by atoms with Gasteiger partial charge in [0.25, 0.3) is 0 Å². The van der Waals surface area contributed by atoms with Gasteiger partial charge >= 0.3 is 0 Å². The summed E-state index contributed by atoms with van der Waals surface area (Å²) < 4.78 is 5.58. The number of rotatable bonds is 1. The molecule has 0 fully saturated rings. The zero-order valence-electron chi connectivity index (χ0n) is 9.74. The van der Waals surface area contributed by atoms with Crippen LogP contribution in [0.1, 0.15) is 30.5 Å². The summed E-state index contributed by atoms with van der Waals surface area (Å²) in [5.74, 6) is 0.652. The Morgan fingerprint density at radius 1 is 1.44 bits per heavy atom. The second kappa shape index (κ2) is 3.64. The molecule has 3 nitrogen and oxygen atoms in total. The quantitative estimate of drug-likeness (QED) is 0.720. The van der Waals surface area contributed by atoms with E-state index >= 15 is 0 Å². The highest BCUT2D eigenvalue weighted by Gasteiger charge is 2.27. The van der Waals surface area contributed by atoms with E-state index in [-0.39, 0.29) is 5.54 Å². The summed E-state index contributed by atoms with van der Waals surface area (Å²) in [6, 6.07) is 7.77. The number of nitriles is 1. The van der Waals surface area contributed by atoms with Crippen molar-refractivity contribution in [1.82, 2.24) is 0 Å². The van der Waals surface area contributed by atoms with Gasteiger partial charge in [-0.25, -0.2) is 4.99 Å². The van der Waals surface area contributed by atoms with Crippen LogP contribution in [0.2, 0.25) is 0 Å². The van der Waals surface area contributed by atoms with E-state index in [4.69, 9.17) is 10.00 Å². The van der Waals surface area contributed by atoms with Crippen LogP contribution in [0.3, 0.4) is 0 Å². The molecule has 0 N–H and O–H groups in total. The first-order valence-corrected chi connectivity index (χ1v) is 5.26. The third kappa shape index (κ3) is 1.79. The standard InChI is InChI=1S/C13H14N2O/c1-9-10(7-14)5-4-6-11(9)12-15-13(2,3)8-16-12/h4-6H,8H2,1-3H3. The molecule has 0 aliphatic carbocycles. The first kappa shape index (κ1) is 10.7. The first-order valence-electron chi connectivity index (χ1n) is 5.26. The molecule has 1 aromatic carbocycles. The predicted molar refractivity (Wildman–Crippen MR) is 62.5 cm³/mol. The van der Waals surface area contributed by atoms with E-state index in [1.165, 1.54) is 0 Å². The Morgan fingerprint density at radius 3 is 2.75 bits per heavy atom. The lowest BCUT2D eigenvalue weighted by Gasteiger charge is -2.07. The Balaban J connectivity index is 2.48. The van der Waals surface area contributed by atoms with Crippen molar-refractivity contribution in [3.8, 4) is 6.07 Å². The van der Waals surface area contributed by atoms with Crippen LogP contribution in [0.5, 0.6) is 0 Å². The highest BCUT2D eigenvalue weighted by molar-refractivity contribution is 5.97. The minimum Gasteiger partial charge on any atom is -0.475 e. The molecule has 0 spiro atoms. The average Bonchev–Trinajstić information content (AvgIpc) is 2.59. The molecular weight excluding hydrogens is 200 g/mol. The molecule has 2 rings (SSSR count). The lowest BCUT2D eigenvalue weighted by molar-refractivity contribution is 0.279. The van der Waals surface area contributed by atoms with Crippen LogP contribution in [-0.2, 0) is 4.74 Å². The van der Waals surface area contributed by atoms with Crippen LogP contribution in [0.15, 0.2) is 23.2 Å². The molecule has 0 bridgehead atoms. The topological polar surface area (TPSA) is 45.4 Å². The Kier molecular flexibility index (Phi) is 2.43. The first-order chi connectivity index (χ1) is 7.53. The summed E-state index contributed by atoms with van der Waals surface area (Å²) in [6.07, 6.45) is 0. The smallest absolute Gasteiger partial charge is 0.217 e. The van der Waals surface area contributed by atoms with E-state index in [0.29, 0.717) is 18.1 Å². The lowest BCUT2D eigenvalue weighted by Crippen LogP contribution is -2.17. The molecule has 1 heterocycles. The van der Waals surface area contributed by atoms with Gasteiger partial charge in [-0.3, -0.25) is 0 Å². The van der Waals surface area contributed by atoms with Gasteiger partial charge in [0.05, 0.1) is 17.2 Å². The van der Waals surface area contributed by atoms with Crippen molar-refractivity contribution in [1.29, 1.82) is 5.26 Å². The Morgan fingerprint density at radius 2 is 2.19 bits per heavy atom. The minimum absolute atomic E-state index is 0.162. The molecule has 0 saturated carbocycles. The zero-order valence-corrected chi connectivity index (χ0v) is 9.74. The Hall–Kier alpha value is -1.82. The van der Waals surface area contributed by atoms with Gasteiger partial charge in [-0.1, -0.05) is 6.07 Å². The number of hydrogen-bond acceptors (Lipinski definition) is 3. The van der Waals surface area contributed by atoms with Crippen LogP contribution in [-0.4, -0.2) is 18.0 Å². The third-order valence-corrected chi connectivity index (χ3v) is 2.65. The fraction of sp³-hybridized carbons (Fsp3) is 0.385. The van der Waals surface area contributed by atoms with Gasteiger partial charge in [0.1, 0.15) is 6.61 Å². The predicted octanol–water partition coefficient (Wildman–Crippen LogP) is 2.42. The maximum absolute atomic E-state index is 8.96. The monoisotopic (exact) mass is 214 g/mol. The van der Waals surface area contributed by atoms with E-state index < -0.39 is 0 Å². The molecule has 1 aromatic rings. The summed E-state index contributed by atoms with van der Waals surface area (Å²) in [7, 11) is 0.